The van der Waals surface area contributed by atoms with Crippen LogP contribution in [0.25, 0.3) is 10.9 Å². The van der Waals surface area contributed by atoms with Gasteiger partial charge in [0.15, 0.2) is 10.7 Å². The van der Waals surface area contributed by atoms with Gasteiger partial charge in [-0.3, -0.25) is 9.59 Å². The number of benzene rings is 3. The zero-order valence-electron chi connectivity index (χ0n) is 22.2. The maximum atomic E-state index is 14.0. The molecule has 0 saturated heterocycles. The predicted octanol–water partition coefficient (Wildman–Crippen LogP) is 4.67. The number of rotatable bonds is 5. The van der Waals surface area contributed by atoms with Gasteiger partial charge in [0.1, 0.15) is 0 Å². The Kier molecular flexibility index (Phi) is 7.35. The van der Waals surface area contributed by atoms with Gasteiger partial charge < -0.3 is 9.45 Å². The molecule has 8 nitrogen and oxygen atoms in total. The summed E-state index contributed by atoms with van der Waals surface area (Å²) < 4.78 is 41.1. The molecular weight excluding hydrogens is 570 g/mol. The van der Waals surface area contributed by atoms with E-state index >= 15 is 0 Å². The molecule has 11 heteroatoms. The zero-order valence-corrected chi connectivity index (χ0v) is 24.6. The van der Waals surface area contributed by atoms with E-state index in [1.54, 1.807) is 41.3 Å². The van der Waals surface area contributed by atoms with Crippen LogP contribution in [0, 0.1) is 5.41 Å². The average Bonchev–Trinajstić information content (AvgIpc) is 3.26. The van der Waals surface area contributed by atoms with Crippen molar-refractivity contribution in [2.45, 2.75) is 43.5 Å². The van der Waals surface area contributed by atoms with E-state index in [4.69, 9.17) is 16.7 Å². The van der Waals surface area contributed by atoms with Crippen molar-refractivity contribution in [2.75, 3.05) is 6.54 Å². The van der Waals surface area contributed by atoms with E-state index in [1.165, 1.54) is 34.3 Å². The van der Waals surface area contributed by atoms with Crippen LogP contribution in [0.5, 0.6) is 0 Å². The Morgan fingerprint density at radius 2 is 1.65 bits per heavy atom. The number of ketones is 1. The predicted molar refractivity (Wildman–Crippen MR) is 155 cm³/mol. The third-order valence-electron chi connectivity index (χ3n) is 6.99. The Morgan fingerprint density at radius 3 is 2.30 bits per heavy atom. The van der Waals surface area contributed by atoms with E-state index in [2.05, 4.69) is 0 Å². The number of carbonyl (C=O) groups is 2. The van der Waals surface area contributed by atoms with Crippen LogP contribution in [0.3, 0.4) is 0 Å². The van der Waals surface area contributed by atoms with Crippen molar-refractivity contribution < 1.29 is 22.6 Å². The van der Waals surface area contributed by atoms with Crippen molar-refractivity contribution in [3.8, 4) is 0 Å². The summed E-state index contributed by atoms with van der Waals surface area (Å²) in [6.45, 7) is 6.05. The van der Waals surface area contributed by atoms with Crippen molar-refractivity contribution in [3.63, 3.8) is 0 Å². The number of fused-ring (bicyclic) bond motifs is 3. The highest BCUT2D eigenvalue weighted by atomic mass is 35.5. The molecule has 1 aromatic heterocycles. The first kappa shape index (κ1) is 28.4. The first-order valence-electron chi connectivity index (χ1n) is 12.6. The highest BCUT2D eigenvalue weighted by Crippen LogP contribution is 2.36. The van der Waals surface area contributed by atoms with Gasteiger partial charge in [0.05, 0.1) is 39.0 Å². The fourth-order valence-corrected chi connectivity index (χ4v) is 7.49. The van der Waals surface area contributed by atoms with Gasteiger partial charge in [-0.1, -0.05) is 50.6 Å². The van der Waals surface area contributed by atoms with Crippen molar-refractivity contribution in [3.05, 3.63) is 94.1 Å². The lowest BCUT2D eigenvalue weighted by Gasteiger charge is -2.33. The van der Waals surface area contributed by atoms with Gasteiger partial charge in [0.25, 0.3) is 10.0 Å². The van der Waals surface area contributed by atoms with Gasteiger partial charge in [0, 0.05) is 34.5 Å². The molecule has 0 radical (unpaired) electrons. The lowest BCUT2D eigenvalue weighted by molar-refractivity contribution is -0.140. The summed E-state index contributed by atoms with van der Waals surface area (Å²) in [5.74, 6) is -0.420. The van der Waals surface area contributed by atoms with Crippen molar-refractivity contribution >= 4 is 55.6 Å². The number of amides is 1. The first-order chi connectivity index (χ1) is 18.8. The van der Waals surface area contributed by atoms with E-state index in [9.17, 15) is 22.6 Å². The molecule has 1 aliphatic heterocycles. The molecule has 4 aromatic rings. The molecule has 208 valence electrons. The maximum absolute atomic E-state index is 14.0. The normalized spacial score (nSPS) is 14.7. The Hall–Kier alpha value is -3.15. The Morgan fingerprint density at radius 1 is 1.00 bits per heavy atom. The largest absolute Gasteiger partial charge is 0.593 e. The molecule has 0 fully saturated rings. The third-order valence-corrected chi connectivity index (χ3v) is 9.97. The van der Waals surface area contributed by atoms with Crippen molar-refractivity contribution in [1.29, 1.82) is 0 Å². The van der Waals surface area contributed by atoms with Gasteiger partial charge in [0.2, 0.25) is 5.91 Å². The number of halogens is 1. The van der Waals surface area contributed by atoms with Gasteiger partial charge in [-0.25, -0.2) is 12.4 Å². The number of hydrogen-bond donors (Lipinski definition) is 1. The molecule has 2 heterocycles. The SMILES string of the molecule is CC(C)(C)C(=O)N1CCc2c(n(S(=O)(=O)c3ccccc3)c3ccc(C(=O)c4ccc(Cl)c([S+](N)[O-])c4)cc23)C1. The van der Waals surface area contributed by atoms with Crippen LogP contribution in [-0.4, -0.2) is 40.1 Å². The molecule has 0 spiro atoms. The quantitative estimate of drug-likeness (QED) is 0.263. The molecule has 0 saturated carbocycles. The van der Waals surface area contributed by atoms with Gasteiger partial charge in [-0.15, -0.1) is 5.14 Å². The highest BCUT2D eigenvalue weighted by molar-refractivity contribution is 7.90. The molecule has 0 bridgehead atoms. The van der Waals surface area contributed by atoms with Crippen LogP contribution < -0.4 is 5.14 Å². The molecule has 1 aliphatic rings. The minimum atomic E-state index is -4.02. The molecular formula is C29H28ClN3O5S2. The fourth-order valence-electron chi connectivity index (χ4n) is 5.05. The lowest BCUT2D eigenvalue weighted by Crippen LogP contribution is -2.43. The van der Waals surface area contributed by atoms with Crippen LogP contribution in [0.1, 0.15) is 48.0 Å². The molecule has 2 N–H and O–H groups in total. The standard InChI is InChI=1S/C29H28ClN3O5S2/c1-29(2,3)28(35)32-14-13-21-22-15-18(27(34)19-9-11-23(30)26(16-19)39(31)36)10-12-24(22)33(25(21)17-32)40(37,38)20-7-5-4-6-8-20/h4-12,15-16H,13-14,17,31H2,1-3H3. The van der Waals surface area contributed by atoms with Gasteiger partial charge >= 0.3 is 0 Å². The van der Waals surface area contributed by atoms with Crippen molar-refractivity contribution in [1.82, 2.24) is 8.87 Å². The first-order valence-corrected chi connectivity index (χ1v) is 15.6. The summed E-state index contributed by atoms with van der Waals surface area (Å²) in [5, 5.41) is 6.33. The number of nitrogens with zero attached hydrogens (tertiary/aromatic N) is 2. The summed E-state index contributed by atoms with van der Waals surface area (Å²) in [7, 11) is -4.02. The van der Waals surface area contributed by atoms with E-state index in [1.807, 2.05) is 20.8 Å². The summed E-state index contributed by atoms with van der Waals surface area (Å²) in [6, 6.07) is 17.4. The molecule has 1 unspecified atom stereocenters. The summed E-state index contributed by atoms with van der Waals surface area (Å²) in [6.07, 6.45) is 0.430. The lowest BCUT2D eigenvalue weighted by atomic mass is 9.93. The summed E-state index contributed by atoms with van der Waals surface area (Å²) in [4.78, 5) is 28.6. The number of hydrogen-bond acceptors (Lipinski definition) is 6. The molecule has 5 rings (SSSR count). The number of carbonyl (C=O) groups excluding carboxylic acids is 2. The second-order valence-corrected chi connectivity index (χ2v) is 14.0. The average molecular weight is 598 g/mol. The Balaban J connectivity index is 1.68. The van der Waals surface area contributed by atoms with E-state index in [0.717, 1.165) is 5.56 Å². The van der Waals surface area contributed by atoms with Crippen LogP contribution in [0.4, 0.5) is 0 Å². The highest BCUT2D eigenvalue weighted by Gasteiger charge is 2.35. The van der Waals surface area contributed by atoms with E-state index in [-0.39, 0.29) is 38.6 Å². The number of aromatic nitrogens is 1. The molecule has 40 heavy (non-hydrogen) atoms. The van der Waals surface area contributed by atoms with Crippen LogP contribution in [0.15, 0.2) is 76.5 Å². The minimum Gasteiger partial charge on any atom is -0.593 e. The Bertz CT molecular complexity index is 1760. The fraction of sp³-hybridized carbons (Fsp3) is 0.241. The van der Waals surface area contributed by atoms with Gasteiger partial charge in [-0.05, 0) is 54.4 Å². The van der Waals surface area contributed by atoms with Gasteiger partial charge in [-0.2, -0.15) is 0 Å². The smallest absolute Gasteiger partial charge is 0.268 e. The molecule has 1 amide bonds. The zero-order chi connectivity index (χ0) is 29.0. The maximum Gasteiger partial charge on any atom is 0.268 e. The molecule has 0 aliphatic carbocycles. The topological polar surface area (TPSA) is 126 Å². The second kappa shape index (κ2) is 10.4. The van der Waals surface area contributed by atoms with Crippen LogP contribution >= 0.6 is 11.6 Å². The minimum absolute atomic E-state index is 0.0706. The van der Waals surface area contributed by atoms with Crippen molar-refractivity contribution in [2.24, 2.45) is 10.6 Å². The monoisotopic (exact) mass is 597 g/mol. The van der Waals surface area contributed by atoms with E-state index < -0.39 is 26.8 Å². The van der Waals surface area contributed by atoms with Crippen LogP contribution in [0.2, 0.25) is 5.02 Å². The summed E-state index contributed by atoms with van der Waals surface area (Å²) >= 11 is 4.21. The van der Waals surface area contributed by atoms with Crippen LogP contribution in [-0.2, 0) is 39.1 Å². The summed E-state index contributed by atoms with van der Waals surface area (Å²) in [5.41, 5.74) is 1.66. The third kappa shape index (κ3) is 4.95. The Labute approximate surface area is 241 Å². The number of nitrogens with two attached hydrogens (primary N) is 1. The van der Waals surface area contributed by atoms with E-state index in [0.29, 0.717) is 35.1 Å². The molecule has 1 atom stereocenters. The second-order valence-electron chi connectivity index (χ2n) is 10.7. The molecule has 3 aromatic carbocycles.